The fourth-order valence-electron chi connectivity index (χ4n) is 2.48. The fourth-order valence-corrected chi connectivity index (χ4v) is 3.11. The largest absolute Gasteiger partial charge is 0.481 e. The summed E-state index contributed by atoms with van der Waals surface area (Å²) in [4.78, 5) is 15.3. The van der Waals surface area contributed by atoms with Crippen LogP contribution in [0.15, 0.2) is 5.16 Å². The molecule has 0 saturated carbocycles. The molecular weight excluding hydrogens is 290 g/mol. The number of anilines is 1. The molecule has 1 aromatic heterocycles. The molecule has 0 amide bonds. The van der Waals surface area contributed by atoms with Crippen molar-refractivity contribution in [3.05, 3.63) is 0 Å². The Morgan fingerprint density at radius 3 is 2.52 bits per heavy atom. The maximum atomic E-state index is 10.6. The smallest absolute Gasteiger partial charge is 0.313 e. The Balaban J connectivity index is 1.93. The molecule has 0 atom stereocenters. The lowest BCUT2D eigenvalue weighted by Crippen LogP contribution is -2.48. The predicted molar refractivity (Wildman–Crippen MR) is 82.9 cm³/mol. The first-order valence-corrected chi connectivity index (χ1v) is 8.17. The van der Waals surface area contributed by atoms with Crippen LogP contribution in [0.4, 0.5) is 5.95 Å². The maximum absolute atomic E-state index is 10.6. The third-order valence-electron chi connectivity index (χ3n) is 3.42. The Morgan fingerprint density at radius 2 is 1.95 bits per heavy atom. The van der Waals surface area contributed by atoms with Gasteiger partial charge in [0.25, 0.3) is 0 Å². The van der Waals surface area contributed by atoms with Crippen LogP contribution in [0, 0.1) is 5.92 Å². The summed E-state index contributed by atoms with van der Waals surface area (Å²) in [5, 5.41) is 17.7. The third-order valence-corrected chi connectivity index (χ3v) is 4.42. The monoisotopic (exact) mass is 313 g/mol. The maximum Gasteiger partial charge on any atom is 0.313 e. The van der Waals surface area contributed by atoms with Gasteiger partial charge in [0.15, 0.2) is 5.16 Å². The van der Waals surface area contributed by atoms with E-state index in [-0.39, 0.29) is 5.75 Å². The number of nitrogens with zero attached hydrogens (tertiary/aromatic N) is 5. The highest BCUT2D eigenvalue weighted by molar-refractivity contribution is 7.99. The van der Waals surface area contributed by atoms with Crippen molar-refractivity contribution < 1.29 is 9.90 Å². The van der Waals surface area contributed by atoms with Crippen LogP contribution in [0.5, 0.6) is 0 Å². The zero-order chi connectivity index (χ0) is 15.4. The van der Waals surface area contributed by atoms with E-state index in [0.717, 1.165) is 38.7 Å². The molecule has 1 fully saturated rings. The number of rotatable bonds is 6. The SMILES string of the molecule is CC(C)CN1CCN(c2nnc(SCC(=O)O)n2C)CC1. The lowest BCUT2D eigenvalue weighted by molar-refractivity contribution is -0.133. The van der Waals surface area contributed by atoms with Gasteiger partial charge >= 0.3 is 5.97 Å². The van der Waals surface area contributed by atoms with E-state index in [2.05, 4.69) is 33.8 Å². The van der Waals surface area contributed by atoms with E-state index in [4.69, 9.17) is 5.11 Å². The van der Waals surface area contributed by atoms with E-state index in [9.17, 15) is 4.79 Å². The molecule has 8 heteroatoms. The molecule has 21 heavy (non-hydrogen) atoms. The van der Waals surface area contributed by atoms with E-state index in [1.807, 2.05) is 11.6 Å². The van der Waals surface area contributed by atoms with Crippen LogP contribution in [-0.2, 0) is 11.8 Å². The van der Waals surface area contributed by atoms with Crippen LogP contribution >= 0.6 is 11.8 Å². The highest BCUT2D eigenvalue weighted by atomic mass is 32.2. The van der Waals surface area contributed by atoms with Crippen LogP contribution in [-0.4, -0.2) is 69.2 Å². The summed E-state index contributed by atoms with van der Waals surface area (Å²) >= 11 is 1.20. The van der Waals surface area contributed by atoms with Gasteiger partial charge in [0, 0.05) is 39.8 Å². The van der Waals surface area contributed by atoms with Gasteiger partial charge in [-0.3, -0.25) is 14.3 Å². The summed E-state index contributed by atoms with van der Waals surface area (Å²) in [6.07, 6.45) is 0. The van der Waals surface area contributed by atoms with Gasteiger partial charge in [0.05, 0.1) is 5.75 Å². The molecule has 1 saturated heterocycles. The Kier molecular flexibility index (Phi) is 5.46. The molecule has 1 aromatic rings. The average molecular weight is 313 g/mol. The third kappa shape index (κ3) is 4.34. The van der Waals surface area contributed by atoms with Crippen LogP contribution in [0.25, 0.3) is 0 Å². The number of thioether (sulfide) groups is 1. The number of hydrogen-bond acceptors (Lipinski definition) is 6. The van der Waals surface area contributed by atoms with Crippen LogP contribution in [0.2, 0.25) is 0 Å². The Labute approximate surface area is 129 Å². The van der Waals surface area contributed by atoms with E-state index >= 15 is 0 Å². The van der Waals surface area contributed by atoms with Crippen molar-refractivity contribution in [1.82, 2.24) is 19.7 Å². The number of hydrogen-bond donors (Lipinski definition) is 1. The summed E-state index contributed by atoms with van der Waals surface area (Å²) in [5.74, 6) is 0.679. The Hall–Kier alpha value is -1.28. The summed E-state index contributed by atoms with van der Waals surface area (Å²) in [7, 11) is 1.89. The second kappa shape index (κ2) is 7.13. The van der Waals surface area contributed by atoms with Crippen molar-refractivity contribution in [3.8, 4) is 0 Å². The van der Waals surface area contributed by atoms with Crippen LogP contribution in [0.3, 0.4) is 0 Å². The lowest BCUT2D eigenvalue weighted by Gasteiger charge is -2.35. The molecule has 1 aliphatic heterocycles. The van der Waals surface area contributed by atoms with E-state index in [1.54, 1.807) is 0 Å². The first-order valence-electron chi connectivity index (χ1n) is 7.18. The summed E-state index contributed by atoms with van der Waals surface area (Å²) in [5.41, 5.74) is 0. The lowest BCUT2D eigenvalue weighted by atomic mass is 10.2. The molecule has 0 spiro atoms. The van der Waals surface area contributed by atoms with Gasteiger partial charge in [-0.25, -0.2) is 0 Å². The first kappa shape index (κ1) is 16.1. The van der Waals surface area contributed by atoms with E-state index in [1.165, 1.54) is 11.8 Å². The van der Waals surface area contributed by atoms with E-state index < -0.39 is 5.97 Å². The number of piperazine rings is 1. The molecule has 0 radical (unpaired) electrons. The van der Waals surface area contributed by atoms with Crippen molar-refractivity contribution in [3.63, 3.8) is 0 Å². The zero-order valence-electron chi connectivity index (χ0n) is 12.8. The van der Waals surface area contributed by atoms with Gasteiger partial charge in [-0.2, -0.15) is 0 Å². The van der Waals surface area contributed by atoms with Crippen molar-refractivity contribution in [2.75, 3.05) is 43.4 Å². The summed E-state index contributed by atoms with van der Waals surface area (Å²) < 4.78 is 1.88. The van der Waals surface area contributed by atoms with Gasteiger partial charge in [-0.05, 0) is 5.92 Å². The zero-order valence-corrected chi connectivity index (χ0v) is 13.6. The van der Waals surface area contributed by atoms with Gasteiger partial charge in [-0.15, -0.1) is 10.2 Å². The highest BCUT2D eigenvalue weighted by Crippen LogP contribution is 2.21. The summed E-state index contributed by atoms with van der Waals surface area (Å²) in [6.45, 7) is 9.53. The Morgan fingerprint density at radius 1 is 1.29 bits per heavy atom. The summed E-state index contributed by atoms with van der Waals surface area (Å²) in [6, 6.07) is 0. The molecule has 1 aliphatic rings. The van der Waals surface area contributed by atoms with Gasteiger partial charge in [0.2, 0.25) is 5.95 Å². The van der Waals surface area contributed by atoms with Crippen molar-refractivity contribution >= 4 is 23.7 Å². The fraction of sp³-hybridized carbons (Fsp3) is 0.769. The van der Waals surface area contributed by atoms with Crippen molar-refractivity contribution in [2.24, 2.45) is 13.0 Å². The van der Waals surface area contributed by atoms with Gasteiger partial charge < -0.3 is 10.0 Å². The normalized spacial score (nSPS) is 16.7. The van der Waals surface area contributed by atoms with E-state index in [0.29, 0.717) is 11.1 Å². The molecule has 0 bridgehead atoms. The van der Waals surface area contributed by atoms with Gasteiger partial charge in [-0.1, -0.05) is 25.6 Å². The minimum atomic E-state index is -0.841. The minimum Gasteiger partial charge on any atom is -0.481 e. The van der Waals surface area contributed by atoms with Crippen LogP contribution in [0.1, 0.15) is 13.8 Å². The molecule has 2 heterocycles. The van der Waals surface area contributed by atoms with Crippen LogP contribution < -0.4 is 4.90 Å². The number of carboxylic acids is 1. The molecule has 1 N–H and O–H groups in total. The number of aliphatic carboxylic acids is 1. The molecule has 0 aliphatic carbocycles. The molecule has 118 valence electrons. The molecule has 2 rings (SSSR count). The second-order valence-electron chi connectivity index (χ2n) is 5.71. The first-order chi connectivity index (χ1) is 9.97. The molecular formula is C13H23N5O2S. The quantitative estimate of drug-likeness (QED) is 0.778. The topological polar surface area (TPSA) is 74.5 Å². The highest BCUT2D eigenvalue weighted by Gasteiger charge is 2.22. The molecule has 7 nitrogen and oxygen atoms in total. The Bertz CT molecular complexity index is 483. The standard InChI is InChI=1S/C13H23N5O2S/c1-10(2)8-17-4-6-18(7-5-17)12-14-15-13(16(12)3)21-9-11(19)20/h10H,4-9H2,1-3H3,(H,19,20). The van der Waals surface area contributed by atoms with Crippen molar-refractivity contribution in [2.45, 2.75) is 19.0 Å². The number of aromatic nitrogens is 3. The minimum absolute atomic E-state index is 0.00807. The predicted octanol–water partition coefficient (Wildman–Crippen LogP) is 0.770. The molecule has 0 aromatic carbocycles. The van der Waals surface area contributed by atoms with Crippen molar-refractivity contribution in [1.29, 1.82) is 0 Å². The average Bonchev–Trinajstić information content (AvgIpc) is 2.78. The number of carbonyl (C=O) groups is 1. The molecule has 0 unspecified atom stereocenters. The number of carboxylic acid groups (broad SMARTS) is 1. The second-order valence-corrected chi connectivity index (χ2v) is 6.65. The van der Waals surface area contributed by atoms with Gasteiger partial charge in [0.1, 0.15) is 0 Å².